The lowest BCUT2D eigenvalue weighted by molar-refractivity contribution is 0.463. The minimum Gasteiger partial charge on any atom is -0.448 e. The van der Waals surface area contributed by atoms with Crippen molar-refractivity contribution in [1.82, 2.24) is 10.2 Å². The Hall–Kier alpha value is -0.955. The summed E-state index contributed by atoms with van der Waals surface area (Å²) in [6, 6.07) is 3.57. The van der Waals surface area contributed by atoms with Crippen LogP contribution in [0.5, 0.6) is 0 Å². The van der Waals surface area contributed by atoms with Gasteiger partial charge in [0.2, 0.25) is 0 Å². The van der Waals surface area contributed by atoms with E-state index in [4.69, 9.17) is 4.42 Å². The van der Waals surface area contributed by atoms with Crippen molar-refractivity contribution < 1.29 is 17.4 Å². The van der Waals surface area contributed by atoms with Crippen molar-refractivity contribution >= 4 is 30.1 Å². The Bertz CT molecular complexity index is 456. The van der Waals surface area contributed by atoms with Crippen LogP contribution >= 0.6 is 23.1 Å². The first-order valence-electron chi connectivity index (χ1n) is 4.26. The van der Waals surface area contributed by atoms with E-state index in [1.165, 1.54) is 11.3 Å². The molecule has 0 saturated heterocycles. The molecule has 86 valence electrons. The fourth-order valence-corrected chi connectivity index (χ4v) is 2.15. The summed E-state index contributed by atoms with van der Waals surface area (Å²) < 4.78 is 41.0. The number of aromatic nitrogens is 2. The minimum absolute atomic E-state index is 0.0531. The Labute approximate surface area is 97.1 Å². The third-order valence-electron chi connectivity index (χ3n) is 1.53. The SMILES string of the molecule is F[B-](F)(F)CSc1nnc(-c2cccs2)o1. The Balaban J connectivity index is 2.03. The van der Waals surface area contributed by atoms with Gasteiger partial charge in [-0.25, -0.2) is 0 Å². The van der Waals surface area contributed by atoms with E-state index in [9.17, 15) is 12.9 Å². The summed E-state index contributed by atoms with van der Waals surface area (Å²) in [7, 11) is 0. The molecule has 0 aliphatic rings. The molecule has 0 atom stereocenters. The highest BCUT2D eigenvalue weighted by molar-refractivity contribution is 8.00. The highest BCUT2D eigenvalue weighted by Crippen LogP contribution is 2.28. The van der Waals surface area contributed by atoms with E-state index in [1.54, 1.807) is 12.1 Å². The number of hydrogen-bond acceptors (Lipinski definition) is 5. The first kappa shape index (κ1) is 11.5. The predicted octanol–water partition coefficient (Wildman–Crippen LogP) is 3.28. The fraction of sp³-hybridized carbons (Fsp3) is 0.143. The molecule has 0 saturated carbocycles. The van der Waals surface area contributed by atoms with E-state index in [2.05, 4.69) is 10.2 Å². The Kier molecular flexibility index (Phi) is 3.24. The lowest BCUT2D eigenvalue weighted by Crippen LogP contribution is -2.18. The van der Waals surface area contributed by atoms with Crippen LogP contribution in [0.4, 0.5) is 12.9 Å². The van der Waals surface area contributed by atoms with Gasteiger partial charge in [-0.3, -0.25) is 0 Å². The normalized spacial score (nSPS) is 11.9. The van der Waals surface area contributed by atoms with E-state index in [0.29, 0.717) is 11.8 Å². The topological polar surface area (TPSA) is 38.9 Å². The van der Waals surface area contributed by atoms with Gasteiger partial charge in [0, 0.05) is 0 Å². The molecule has 0 radical (unpaired) electrons. The Morgan fingerprint density at radius 3 is 2.81 bits per heavy atom. The van der Waals surface area contributed by atoms with Gasteiger partial charge in [-0.05, 0) is 17.1 Å². The summed E-state index contributed by atoms with van der Waals surface area (Å²) in [5.74, 6) is 0.257. The number of thioether (sulfide) groups is 1. The summed E-state index contributed by atoms with van der Waals surface area (Å²) in [5.41, 5.74) is -0.966. The molecule has 0 spiro atoms. The van der Waals surface area contributed by atoms with Crippen molar-refractivity contribution in [1.29, 1.82) is 0 Å². The zero-order valence-electron chi connectivity index (χ0n) is 7.77. The molecular weight excluding hydrogens is 260 g/mol. The maximum atomic E-state index is 12.0. The average Bonchev–Trinajstić information content (AvgIpc) is 2.84. The van der Waals surface area contributed by atoms with Crippen LogP contribution < -0.4 is 0 Å². The van der Waals surface area contributed by atoms with E-state index < -0.39 is 12.6 Å². The molecule has 9 heteroatoms. The number of thiophene rings is 1. The maximum Gasteiger partial charge on any atom is 0.488 e. The van der Waals surface area contributed by atoms with Gasteiger partial charge < -0.3 is 17.4 Å². The van der Waals surface area contributed by atoms with Crippen LogP contribution in [-0.4, -0.2) is 22.8 Å². The van der Waals surface area contributed by atoms with Gasteiger partial charge in [0.05, 0.1) is 4.88 Å². The first-order valence-corrected chi connectivity index (χ1v) is 6.12. The van der Waals surface area contributed by atoms with E-state index in [0.717, 1.165) is 4.88 Å². The quantitative estimate of drug-likeness (QED) is 0.628. The molecule has 0 amide bonds. The van der Waals surface area contributed by atoms with Gasteiger partial charge in [-0.2, -0.15) is 0 Å². The van der Waals surface area contributed by atoms with E-state index in [-0.39, 0.29) is 11.1 Å². The maximum absolute atomic E-state index is 12.0. The largest absolute Gasteiger partial charge is 0.488 e. The zero-order chi connectivity index (χ0) is 11.6. The molecule has 0 aromatic carbocycles. The Morgan fingerprint density at radius 2 is 2.19 bits per heavy atom. The molecule has 0 N–H and O–H groups in total. The van der Waals surface area contributed by atoms with Crippen molar-refractivity contribution in [3.63, 3.8) is 0 Å². The standard InChI is InChI=1S/C7H5BF3N2OS2/c9-8(10,11)4-16-7-13-12-6(14-7)5-2-1-3-15-5/h1-3H,4H2/q-1. The highest BCUT2D eigenvalue weighted by atomic mass is 32.2. The second-order valence-electron chi connectivity index (χ2n) is 2.87. The van der Waals surface area contributed by atoms with Gasteiger partial charge in [-0.1, -0.05) is 17.8 Å². The van der Waals surface area contributed by atoms with Crippen LogP contribution in [0.1, 0.15) is 0 Å². The van der Waals surface area contributed by atoms with Crippen molar-refractivity contribution in [2.75, 3.05) is 5.65 Å². The van der Waals surface area contributed by atoms with Crippen LogP contribution in [0, 0.1) is 0 Å². The summed E-state index contributed by atoms with van der Waals surface area (Å²) in [6.45, 7) is -4.83. The molecule has 0 aliphatic heterocycles. The summed E-state index contributed by atoms with van der Waals surface area (Å²) >= 11 is 1.90. The van der Waals surface area contributed by atoms with E-state index in [1.807, 2.05) is 5.38 Å². The zero-order valence-corrected chi connectivity index (χ0v) is 9.40. The molecule has 0 bridgehead atoms. The minimum atomic E-state index is -4.83. The Morgan fingerprint density at radius 1 is 1.38 bits per heavy atom. The lowest BCUT2D eigenvalue weighted by Gasteiger charge is -2.09. The number of nitrogens with zero attached hydrogens (tertiary/aromatic N) is 2. The molecule has 2 rings (SSSR count). The first-order chi connectivity index (χ1) is 7.54. The summed E-state index contributed by atoms with van der Waals surface area (Å²) in [5, 5.41) is 8.98. The van der Waals surface area contributed by atoms with Crippen molar-refractivity contribution in [3.05, 3.63) is 17.5 Å². The monoisotopic (exact) mass is 265 g/mol. The number of rotatable bonds is 4. The highest BCUT2D eigenvalue weighted by Gasteiger charge is 2.24. The van der Waals surface area contributed by atoms with Crippen LogP contribution in [0.3, 0.4) is 0 Å². The molecule has 2 heterocycles. The number of halogens is 3. The van der Waals surface area contributed by atoms with Gasteiger partial charge in [-0.15, -0.1) is 21.5 Å². The molecule has 2 aromatic rings. The van der Waals surface area contributed by atoms with Gasteiger partial charge in [0.1, 0.15) is 0 Å². The third kappa shape index (κ3) is 3.02. The van der Waals surface area contributed by atoms with Crippen LogP contribution in [0.25, 0.3) is 10.8 Å². The summed E-state index contributed by atoms with van der Waals surface area (Å²) in [6.07, 6.45) is 0. The van der Waals surface area contributed by atoms with Crippen molar-refractivity contribution in [3.8, 4) is 10.8 Å². The van der Waals surface area contributed by atoms with Crippen LogP contribution in [0.2, 0.25) is 0 Å². The second kappa shape index (κ2) is 4.50. The molecule has 0 fully saturated rings. The predicted molar refractivity (Wildman–Crippen MR) is 57.4 cm³/mol. The third-order valence-corrected chi connectivity index (χ3v) is 3.35. The van der Waals surface area contributed by atoms with Gasteiger partial charge in [0.15, 0.2) is 0 Å². The molecule has 3 nitrogen and oxygen atoms in total. The summed E-state index contributed by atoms with van der Waals surface area (Å²) in [4.78, 5) is 0.747. The second-order valence-corrected chi connectivity index (χ2v) is 4.79. The number of hydrogen-bond donors (Lipinski definition) is 0. The molecule has 2 aromatic heterocycles. The van der Waals surface area contributed by atoms with E-state index >= 15 is 0 Å². The molecule has 0 unspecified atom stereocenters. The smallest absolute Gasteiger partial charge is 0.448 e. The van der Waals surface area contributed by atoms with Gasteiger partial charge in [0.25, 0.3) is 11.1 Å². The van der Waals surface area contributed by atoms with Crippen molar-refractivity contribution in [2.24, 2.45) is 0 Å². The van der Waals surface area contributed by atoms with Crippen LogP contribution in [-0.2, 0) is 0 Å². The average molecular weight is 265 g/mol. The van der Waals surface area contributed by atoms with Crippen LogP contribution in [0.15, 0.2) is 27.2 Å². The molecule has 0 aliphatic carbocycles. The lowest BCUT2D eigenvalue weighted by atomic mass is 9.98. The molecular formula is C7H5BF3N2OS2-. The van der Waals surface area contributed by atoms with Gasteiger partial charge >= 0.3 is 6.98 Å². The molecule has 16 heavy (non-hydrogen) atoms. The fourth-order valence-electron chi connectivity index (χ4n) is 0.934. The van der Waals surface area contributed by atoms with Crippen molar-refractivity contribution in [2.45, 2.75) is 5.22 Å².